The van der Waals surface area contributed by atoms with Crippen LogP contribution >= 0.6 is 12.2 Å². The van der Waals surface area contributed by atoms with E-state index in [-0.39, 0.29) is 16.8 Å². The van der Waals surface area contributed by atoms with Crippen molar-refractivity contribution in [1.82, 2.24) is 5.32 Å². The lowest BCUT2D eigenvalue weighted by Gasteiger charge is -2.13. The van der Waals surface area contributed by atoms with Crippen LogP contribution in [0, 0.1) is 5.82 Å². The van der Waals surface area contributed by atoms with Gasteiger partial charge in [0.25, 0.3) is 5.91 Å². The van der Waals surface area contributed by atoms with Gasteiger partial charge in [-0.25, -0.2) is 4.39 Å². The second-order valence-corrected chi connectivity index (χ2v) is 8.30. The molecule has 0 saturated heterocycles. The van der Waals surface area contributed by atoms with E-state index in [1.54, 1.807) is 54.6 Å². The van der Waals surface area contributed by atoms with E-state index in [4.69, 9.17) is 12.2 Å². The van der Waals surface area contributed by atoms with Crippen molar-refractivity contribution in [2.24, 2.45) is 0 Å². The number of anilines is 4. The topological polar surface area (TPSA) is 82.3 Å². The van der Waals surface area contributed by atoms with Gasteiger partial charge in [0.05, 0.1) is 11.3 Å². The summed E-state index contributed by atoms with van der Waals surface area (Å²) in [5, 5.41) is 11.6. The predicted molar refractivity (Wildman–Crippen MR) is 150 cm³/mol. The van der Waals surface area contributed by atoms with Crippen LogP contribution in [0.25, 0.3) is 6.08 Å². The highest BCUT2D eigenvalue weighted by Gasteiger charge is 2.13. The van der Waals surface area contributed by atoms with Crippen molar-refractivity contribution in [3.8, 4) is 0 Å². The van der Waals surface area contributed by atoms with Gasteiger partial charge in [-0.2, -0.15) is 0 Å². The second kappa shape index (κ2) is 12.2. The number of para-hydroxylation sites is 2. The molecule has 0 saturated carbocycles. The van der Waals surface area contributed by atoms with E-state index < -0.39 is 5.91 Å². The zero-order chi connectivity index (χ0) is 26.0. The van der Waals surface area contributed by atoms with Crippen LogP contribution in [0.2, 0.25) is 0 Å². The summed E-state index contributed by atoms with van der Waals surface area (Å²) < 4.78 is 13.0. The molecule has 0 aliphatic rings. The summed E-state index contributed by atoms with van der Waals surface area (Å²) in [7, 11) is 0. The Balaban J connectivity index is 1.35. The maximum absolute atomic E-state index is 13.0. The molecule has 0 spiro atoms. The minimum atomic E-state index is -0.465. The molecule has 0 unspecified atom stereocenters. The van der Waals surface area contributed by atoms with Gasteiger partial charge in [-0.1, -0.05) is 42.5 Å². The van der Waals surface area contributed by atoms with E-state index in [0.29, 0.717) is 22.5 Å². The van der Waals surface area contributed by atoms with Crippen molar-refractivity contribution < 1.29 is 14.0 Å². The van der Waals surface area contributed by atoms with Crippen molar-refractivity contribution in [3.05, 3.63) is 126 Å². The van der Waals surface area contributed by atoms with Crippen LogP contribution in [-0.4, -0.2) is 16.9 Å². The molecule has 6 nitrogen and oxygen atoms in total. The molecule has 8 heteroatoms. The average molecular weight is 511 g/mol. The van der Waals surface area contributed by atoms with Gasteiger partial charge in [0.2, 0.25) is 5.91 Å². The number of benzene rings is 4. The molecule has 4 N–H and O–H groups in total. The summed E-state index contributed by atoms with van der Waals surface area (Å²) in [6, 6.07) is 29.7. The maximum Gasteiger partial charge on any atom is 0.257 e. The maximum atomic E-state index is 13.0. The summed E-state index contributed by atoms with van der Waals surface area (Å²) in [5.41, 5.74) is 3.94. The highest BCUT2D eigenvalue weighted by atomic mass is 32.1. The van der Waals surface area contributed by atoms with Gasteiger partial charge in [0.1, 0.15) is 5.82 Å². The van der Waals surface area contributed by atoms with Crippen molar-refractivity contribution in [3.63, 3.8) is 0 Å². The molecule has 4 rings (SSSR count). The molecule has 0 aromatic heterocycles. The van der Waals surface area contributed by atoms with Gasteiger partial charge in [-0.05, 0) is 84.5 Å². The first-order chi connectivity index (χ1) is 18.0. The third kappa shape index (κ3) is 7.58. The molecule has 0 aliphatic heterocycles. The number of hydrogen-bond acceptors (Lipinski definition) is 4. The Labute approximate surface area is 219 Å². The lowest BCUT2D eigenvalue weighted by atomic mass is 10.1. The molecule has 0 heterocycles. The van der Waals surface area contributed by atoms with E-state index >= 15 is 0 Å². The standard InChI is InChI=1S/C29H23FN4O2S/c30-21-13-10-20(11-14-21)12-19-27(35)34-29(37)33-26-9-5-4-8-25(26)28(36)32-24-17-15-23(16-18-24)31-22-6-2-1-3-7-22/h1-19,31H,(H,32,36)(H2,33,34,35,37). The Kier molecular flexibility index (Phi) is 8.36. The first-order valence-corrected chi connectivity index (χ1v) is 11.8. The Morgan fingerprint density at radius 1 is 0.703 bits per heavy atom. The molecule has 0 radical (unpaired) electrons. The SMILES string of the molecule is O=C(C=Cc1ccc(F)cc1)NC(=S)Nc1ccccc1C(=O)Nc1ccc(Nc2ccccc2)cc1. The van der Waals surface area contributed by atoms with E-state index in [1.165, 1.54) is 18.2 Å². The van der Waals surface area contributed by atoms with E-state index in [1.807, 2.05) is 42.5 Å². The molecule has 0 bridgehead atoms. The second-order valence-electron chi connectivity index (χ2n) is 7.90. The Hall–Kier alpha value is -4.82. The molecule has 0 atom stereocenters. The Morgan fingerprint density at radius 2 is 1.32 bits per heavy atom. The van der Waals surface area contributed by atoms with Gasteiger partial charge >= 0.3 is 0 Å². The Morgan fingerprint density at radius 3 is 2.05 bits per heavy atom. The first-order valence-electron chi connectivity index (χ1n) is 11.3. The monoisotopic (exact) mass is 510 g/mol. The van der Waals surface area contributed by atoms with E-state index in [0.717, 1.165) is 11.4 Å². The number of carbonyl (C=O) groups excluding carboxylic acids is 2. The smallest absolute Gasteiger partial charge is 0.257 e. The third-order valence-electron chi connectivity index (χ3n) is 5.16. The van der Waals surface area contributed by atoms with Crippen LogP contribution < -0.4 is 21.3 Å². The van der Waals surface area contributed by atoms with Gasteiger partial charge in [-0.3, -0.25) is 14.9 Å². The Bertz CT molecular complexity index is 1420. The van der Waals surface area contributed by atoms with Crippen LogP contribution in [0.15, 0.2) is 109 Å². The van der Waals surface area contributed by atoms with Crippen molar-refractivity contribution in [2.75, 3.05) is 16.0 Å². The number of thiocarbonyl (C=S) groups is 1. The molecule has 0 fully saturated rings. The van der Waals surface area contributed by atoms with Gasteiger partial charge in [-0.15, -0.1) is 0 Å². The van der Waals surface area contributed by atoms with Crippen molar-refractivity contribution in [2.45, 2.75) is 0 Å². The number of nitrogens with one attached hydrogen (secondary N) is 4. The predicted octanol–water partition coefficient (Wildman–Crippen LogP) is 6.35. The van der Waals surface area contributed by atoms with Crippen LogP contribution in [0.5, 0.6) is 0 Å². The third-order valence-corrected chi connectivity index (χ3v) is 5.36. The molecule has 0 aliphatic carbocycles. The largest absolute Gasteiger partial charge is 0.356 e. The first kappa shape index (κ1) is 25.3. The lowest BCUT2D eigenvalue weighted by Crippen LogP contribution is -2.33. The highest BCUT2D eigenvalue weighted by Crippen LogP contribution is 2.21. The summed E-state index contributed by atoms with van der Waals surface area (Å²) in [6.07, 6.45) is 2.83. The van der Waals surface area contributed by atoms with Gasteiger partial charge in [0, 0.05) is 23.1 Å². The lowest BCUT2D eigenvalue weighted by molar-refractivity contribution is -0.115. The van der Waals surface area contributed by atoms with Crippen LogP contribution in [0.1, 0.15) is 15.9 Å². The van der Waals surface area contributed by atoms with Crippen molar-refractivity contribution in [1.29, 1.82) is 0 Å². The number of amides is 2. The molecule has 4 aromatic rings. The quantitative estimate of drug-likeness (QED) is 0.172. The highest BCUT2D eigenvalue weighted by molar-refractivity contribution is 7.80. The number of hydrogen-bond donors (Lipinski definition) is 4. The number of rotatable bonds is 7. The summed E-state index contributed by atoms with van der Waals surface area (Å²) >= 11 is 5.24. The normalized spacial score (nSPS) is 10.5. The molecule has 4 aromatic carbocycles. The molecular weight excluding hydrogens is 487 g/mol. The van der Waals surface area contributed by atoms with Crippen LogP contribution in [0.4, 0.5) is 27.1 Å². The van der Waals surface area contributed by atoms with E-state index in [2.05, 4.69) is 21.3 Å². The van der Waals surface area contributed by atoms with E-state index in [9.17, 15) is 14.0 Å². The summed E-state index contributed by atoms with van der Waals surface area (Å²) in [5.74, 6) is -1.16. The molecule has 37 heavy (non-hydrogen) atoms. The fourth-order valence-corrected chi connectivity index (χ4v) is 3.58. The van der Waals surface area contributed by atoms with Crippen LogP contribution in [-0.2, 0) is 4.79 Å². The fourth-order valence-electron chi connectivity index (χ4n) is 3.37. The van der Waals surface area contributed by atoms with Gasteiger partial charge in [0.15, 0.2) is 5.11 Å². The summed E-state index contributed by atoms with van der Waals surface area (Å²) in [6.45, 7) is 0. The van der Waals surface area contributed by atoms with Gasteiger partial charge < -0.3 is 16.0 Å². The molecule has 184 valence electrons. The fraction of sp³-hybridized carbons (Fsp3) is 0. The zero-order valence-electron chi connectivity index (χ0n) is 19.6. The average Bonchev–Trinajstić information content (AvgIpc) is 2.90. The van der Waals surface area contributed by atoms with Crippen molar-refractivity contribution >= 4 is 58.0 Å². The minimum absolute atomic E-state index is 0.0327. The number of carbonyl (C=O) groups is 2. The molecular formula is C29H23FN4O2S. The number of halogens is 1. The minimum Gasteiger partial charge on any atom is -0.356 e. The zero-order valence-corrected chi connectivity index (χ0v) is 20.4. The molecule has 2 amide bonds. The summed E-state index contributed by atoms with van der Waals surface area (Å²) in [4.78, 5) is 25.2. The van der Waals surface area contributed by atoms with Crippen LogP contribution in [0.3, 0.4) is 0 Å².